The van der Waals surface area contributed by atoms with E-state index in [9.17, 15) is 22.8 Å². The predicted octanol–water partition coefficient (Wildman–Crippen LogP) is 3.08. The van der Waals surface area contributed by atoms with Crippen molar-refractivity contribution in [2.45, 2.75) is 38.4 Å². The van der Waals surface area contributed by atoms with Gasteiger partial charge in [-0.2, -0.15) is 13.2 Å². The van der Waals surface area contributed by atoms with Crippen molar-refractivity contribution in [3.05, 3.63) is 35.4 Å². The van der Waals surface area contributed by atoms with Gasteiger partial charge in [0.05, 0.1) is 0 Å². The number of ketones is 1. The molecule has 2 rings (SSSR count). The molecule has 6 nitrogen and oxygen atoms in total. The molecular weight excluding hydrogens is 377 g/mol. The van der Waals surface area contributed by atoms with Crippen LogP contribution in [0.1, 0.15) is 46.9 Å². The molecule has 1 aliphatic rings. The van der Waals surface area contributed by atoms with Crippen molar-refractivity contribution in [2.24, 2.45) is 0 Å². The molecule has 1 amide bonds. The van der Waals surface area contributed by atoms with Crippen LogP contribution in [0, 0.1) is 0 Å². The second-order valence-electron chi connectivity index (χ2n) is 6.76. The molecule has 1 N–H and O–H groups in total. The minimum atomic E-state index is -5.08. The largest absolute Gasteiger partial charge is 0.490 e. The van der Waals surface area contributed by atoms with E-state index < -0.39 is 12.1 Å². The number of Topliss-reactive ketones (excluding diaryl/α,β-unsaturated/α-hetero) is 1. The van der Waals surface area contributed by atoms with E-state index in [0.29, 0.717) is 17.2 Å². The van der Waals surface area contributed by atoms with Crippen LogP contribution in [-0.4, -0.2) is 72.0 Å². The summed E-state index contributed by atoms with van der Waals surface area (Å²) >= 11 is 0. The predicted molar refractivity (Wildman–Crippen MR) is 97.4 cm³/mol. The molecule has 1 heterocycles. The summed E-state index contributed by atoms with van der Waals surface area (Å²) in [6.45, 7) is 3.36. The molecule has 1 aromatic rings. The van der Waals surface area contributed by atoms with Crippen molar-refractivity contribution in [3.8, 4) is 0 Å². The maximum atomic E-state index is 12.5. The van der Waals surface area contributed by atoms with Gasteiger partial charge in [-0.05, 0) is 45.5 Å². The number of carbonyl (C=O) groups is 3. The number of amides is 1. The zero-order valence-electron chi connectivity index (χ0n) is 16.1. The highest BCUT2D eigenvalue weighted by molar-refractivity contribution is 5.99. The smallest absolute Gasteiger partial charge is 0.475 e. The molecule has 156 valence electrons. The molecular formula is C19H25F3N2O4. The Morgan fingerprint density at radius 1 is 1.21 bits per heavy atom. The van der Waals surface area contributed by atoms with E-state index in [2.05, 4.69) is 11.9 Å². The molecule has 0 aromatic heterocycles. The van der Waals surface area contributed by atoms with Gasteiger partial charge in [-0.15, -0.1) is 0 Å². The summed E-state index contributed by atoms with van der Waals surface area (Å²) in [5, 5.41) is 7.12. The molecule has 1 atom stereocenters. The maximum absolute atomic E-state index is 12.5. The molecule has 1 fully saturated rings. The minimum Gasteiger partial charge on any atom is -0.475 e. The molecule has 0 saturated carbocycles. The summed E-state index contributed by atoms with van der Waals surface area (Å²) in [7, 11) is 3.96. The van der Waals surface area contributed by atoms with Gasteiger partial charge in [0, 0.05) is 30.8 Å². The van der Waals surface area contributed by atoms with Gasteiger partial charge in [0.15, 0.2) is 5.78 Å². The van der Waals surface area contributed by atoms with E-state index in [-0.39, 0.29) is 11.7 Å². The van der Waals surface area contributed by atoms with E-state index in [0.717, 1.165) is 19.5 Å². The number of aliphatic carboxylic acids is 1. The number of carboxylic acids is 1. The Morgan fingerprint density at radius 3 is 2.29 bits per heavy atom. The summed E-state index contributed by atoms with van der Waals surface area (Å²) in [6.07, 6.45) is -1.47. The first kappa shape index (κ1) is 23.6. The molecule has 0 radical (unpaired) electrons. The monoisotopic (exact) mass is 402 g/mol. The molecule has 1 aliphatic heterocycles. The third kappa shape index (κ3) is 7.30. The number of benzene rings is 1. The molecule has 9 heteroatoms. The highest BCUT2D eigenvalue weighted by atomic mass is 19.4. The first-order valence-corrected chi connectivity index (χ1v) is 8.80. The standard InChI is InChI=1S/C17H24N2O2.C2HF3O2/c1-13(20)14-7-6-8-15(11-14)17(21)19(3)12-16-9-4-5-10-18(16)2;3-2(4,5)1(6)7/h6-8,11,16H,4-5,9-10,12H2,1-3H3;(H,6,7). The fraction of sp³-hybridized carbons (Fsp3) is 0.526. The summed E-state index contributed by atoms with van der Waals surface area (Å²) in [6, 6.07) is 7.41. The number of hydrogen-bond acceptors (Lipinski definition) is 4. The molecule has 1 aromatic carbocycles. The average molecular weight is 402 g/mol. The number of alkyl halides is 3. The van der Waals surface area contributed by atoms with Gasteiger partial charge in [-0.1, -0.05) is 18.6 Å². The Labute approximate surface area is 161 Å². The minimum absolute atomic E-state index is 0.0145. The number of likely N-dealkylation sites (tertiary alicyclic amines) is 1. The highest BCUT2D eigenvalue weighted by Crippen LogP contribution is 2.17. The summed E-state index contributed by atoms with van der Waals surface area (Å²) < 4.78 is 31.7. The van der Waals surface area contributed by atoms with Crippen LogP contribution in [0.5, 0.6) is 0 Å². The number of carboxylic acid groups (broad SMARTS) is 1. The third-order valence-corrected chi connectivity index (χ3v) is 4.51. The molecule has 0 aliphatic carbocycles. The zero-order valence-corrected chi connectivity index (χ0v) is 16.1. The number of hydrogen-bond donors (Lipinski definition) is 1. The van der Waals surface area contributed by atoms with Gasteiger partial charge >= 0.3 is 12.1 Å². The summed E-state index contributed by atoms with van der Waals surface area (Å²) in [5.41, 5.74) is 1.17. The first-order chi connectivity index (χ1) is 12.9. The number of nitrogens with zero attached hydrogens (tertiary/aromatic N) is 2. The Hall–Kier alpha value is -2.42. The quantitative estimate of drug-likeness (QED) is 0.784. The van der Waals surface area contributed by atoms with E-state index in [1.165, 1.54) is 19.8 Å². The fourth-order valence-corrected chi connectivity index (χ4v) is 2.87. The van der Waals surface area contributed by atoms with Gasteiger partial charge in [0.25, 0.3) is 5.91 Å². The van der Waals surface area contributed by atoms with E-state index >= 15 is 0 Å². The highest BCUT2D eigenvalue weighted by Gasteiger charge is 2.38. The van der Waals surface area contributed by atoms with Crippen LogP contribution >= 0.6 is 0 Å². The van der Waals surface area contributed by atoms with Crippen LogP contribution in [-0.2, 0) is 4.79 Å². The summed E-state index contributed by atoms with van der Waals surface area (Å²) in [4.78, 5) is 36.9. The molecule has 28 heavy (non-hydrogen) atoms. The van der Waals surface area contributed by atoms with Gasteiger partial charge in [-0.3, -0.25) is 9.59 Å². The van der Waals surface area contributed by atoms with Crippen LogP contribution < -0.4 is 0 Å². The van der Waals surface area contributed by atoms with Crippen molar-refractivity contribution in [2.75, 3.05) is 27.2 Å². The number of likely N-dealkylation sites (N-methyl/N-ethyl adjacent to an activating group) is 2. The lowest BCUT2D eigenvalue weighted by molar-refractivity contribution is -0.192. The van der Waals surface area contributed by atoms with Crippen molar-refractivity contribution < 1.29 is 32.7 Å². The molecule has 1 saturated heterocycles. The number of carbonyl (C=O) groups excluding carboxylic acids is 2. The first-order valence-electron chi connectivity index (χ1n) is 8.80. The lowest BCUT2D eigenvalue weighted by atomic mass is 10.0. The van der Waals surface area contributed by atoms with Crippen LogP contribution in [0.3, 0.4) is 0 Å². The third-order valence-electron chi connectivity index (χ3n) is 4.51. The van der Waals surface area contributed by atoms with Crippen molar-refractivity contribution >= 4 is 17.7 Å². The van der Waals surface area contributed by atoms with Crippen LogP contribution in [0.25, 0.3) is 0 Å². The van der Waals surface area contributed by atoms with Gasteiger partial charge in [0.1, 0.15) is 0 Å². The van der Waals surface area contributed by atoms with Crippen LogP contribution in [0.2, 0.25) is 0 Å². The normalized spacial score (nSPS) is 17.3. The van der Waals surface area contributed by atoms with Crippen molar-refractivity contribution in [1.29, 1.82) is 0 Å². The Bertz CT molecular complexity index is 707. The Morgan fingerprint density at radius 2 is 1.79 bits per heavy atom. The van der Waals surface area contributed by atoms with E-state index in [4.69, 9.17) is 9.90 Å². The Balaban J connectivity index is 0.000000480. The number of piperidine rings is 1. The Kier molecular flexibility index (Phi) is 8.62. The van der Waals surface area contributed by atoms with Crippen LogP contribution in [0.4, 0.5) is 13.2 Å². The molecule has 1 unspecified atom stereocenters. The van der Waals surface area contributed by atoms with Gasteiger partial charge in [-0.25, -0.2) is 4.79 Å². The van der Waals surface area contributed by atoms with Crippen molar-refractivity contribution in [1.82, 2.24) is 9.80 Å². The second-order valence-corrected chi connectivity index (χ2v) is 6.76. The summed E-state index contributed by atoms with van der Waals surface area (Å²) in [5.74, 6) is -2.79. The fourth-order valence-electron chi connectivity index (χ4n) is 2.87. The van der Waals surface area contributed by atoms with Crippen LogP contribution in [0.15, 0.2) is 24.3 Å². The molecule has 0 bridgehead atoms. The number of halogens is 3. The van der Waals surface area contributed by atoms with E-state index in [1.54, 1.807) is 29.2 Å². The second kappa shape index (κ2) is 10.2. The lowest BCUT2D eigenvalue weighted by Crippen LogP contribution is -2.45. The lowest BCUT2D eigenvalue weighted by Gasteiger charge is -2.35. The molecule has 0 spiro atoms. The number of rotatable bonds is 4. The average Bonchev–Trinajstić information content (AvgIpc) is 2.62. The van der Waals surface area contributed by atoms with E-state index in [1.807, 2.05) is 7.05 Å². The topological polar surface area (TPSA) is 77.9 Å². The maximum Gasteiger partial charge on any atom is 0.490 e. The zero-order chi connectivity index (χ0) is 21.5. The van der Waals surface area contributed by atoms with Gasteiger partial charge in [0.2, 0.25) is 0 Å². The van der Waals surface area contributed by atoms with Crippen molar-refractivity contribution in [3.63, 3.8) is 0 Å². The SMILES string of the molecule is CC(=O)c1cccc(C(=O)N(C)CC2CCCCN2C)c1.O=C(O)C(F)(F)F. The van der Waals surface area contributed by atoms with Gasteiger partial charge < -0.3 is 14.9 Å².